The van der Waals surface area contributed by atoms with Crippen LogP contribution in [0, 0.1) is 5.92 Å². The van der Waals surface area contributed by atoms with Crippen LogP contribution in [0.5, 0.6) is 23.0 Å². The molecule has 3 heterocycles. The van der Waals surface area contributed by atoms with Gasteiger partial charge in [-0.15, -0.1) is 0 Å². The number of amides is 2. The number of fused-ring (bicyclic) bond motifs is 2. The lowest BCUT2D eigenvalue weighted by molar-refractivity contribution is -0.122. The number of furan rings is 1. The maximum atomic E-state index is 14.7. The van der Waals surface area contributed by atoms with Crippen LogP contribution in [0.1, 0.15) is 51.8 Å². The molecule has 2 aliphatic heterocycles. The van der Waals surface area contributed by atoms with Crippen LogP contribution in [-0.4, -0.2) is 80.9 Å². The zero-order valence-electron chi connectivity index (χ0n) is 26.6. The number of nitrogens with two attached hydrogens (primary N) is 1. The van der Waals surface area contributed by atoms with Crippen molar-refractivity contribution in [1.82, 2.24) is 10.2 Å². The van der Waals surface area contributed by atoms with E-state index in [2.05, 4.69) is 5.32 Å². The van der Waals surface area contributed by atoms with E-state index in [-0.39, 0.29) is 64.7 Å². The smallest absolute Gasteiger partial charge is 0.237 e. The van der Waals surface area contributed by atoms with E-state index in [0.29, 0.717) is 54.3 Å². The van der Waals surface area contributed by atoms with E-state index >= 15 is 0 Å². The molecule has 3 aromatic rings. The summed E-state index contributed by atoms with van der Waals surface area (Å²) in [4.78, 5) is 55.9. The van der Waals surface area contributed by atoms with E-state index in [9.17, 15) is 19.2 Å². The Labute approximate surface area is 276 Å². The van der Waals surface area contributed by atoms with Crippen molar-refractivity contribution in [2.45, 2.75) is 44.2 Å². The number of piperidine rings is 1. The molecule has 3 aliphatic rings. The predicted octanol–water partition coefficient (Wildman–Crippen LogP) is 3.62. The molecule has 1 spiro atoms. The number of primary amides is 1. The van der Waals surface area contributed by atoms with Crippen LogP contribution in [0.4, 0.5) is 0 Å². The van der Waals surface area contributed by atoms with Crippen LogP contribution in [0.25, 0.3) is 11.3 Å². The highest BCUT2D eigenvalue weighted by Crippen LogP contribution is 2.54. The molecule has 3 N–H and O–H groups in total. The van der Waals surface area contributed by atoms with Gasteiger partial charge in [-0.2, -0.15) is 0 Å². The zero-order chi connectivity index (χ0) is 33.6. The maximum Gasteiger partial charge on any atom is 0.237 e. The topological polar surface area (TPSA) is 160 Å². The van der Waals surface area contributed by atoms with Crippen LogP contribution >= 0.6 is 11.6 Å². The van der Waals surface area contributed by atoms with Crippen LogP contribution in [0.3, 0.4) is 0 Å². The first-order chi connectivity index (χ1) is 22.5. The van der Waals surface area contributed by atoms with Gasteiger partial charge >= 0.3 is 0 Å². The van der Waals surface area contributed by atoms with Gasteiger partial charge in [0.05, 0.1) is 39.9 Å². The van der Waals surface area contributed by atoms with Crippen molar-refractivity contribution < 1.29 is 42.5 Å². The number of nitrogens with one attached hydrogen (secondary N) is 1. The number of hydrogen-bond donors (Lipinski definition) is 2. The van der Waals surface area contributed by atoms with Crippen LogP contribution < -0.4 is 30.0 Å². The van der Waals surface area contributed by atoms with Gasteiger partial charge in [0.15, 0.2) is 5.75 Å². The molecule has 12 nitrogen and oxygen atoms in total. The fraction of sp³-hybridized carbons (Fsp3) is 0.412. The lowest BCUT2D eigenvalue weighted by Gasteiger charge is -2.35. The van der Waals surface area contributed by atoms with Crippen molar-refractivity contribution in [2.24, 2.45) is 11.7 Å². The number of methoxy groups -OCH3 is 3. The molecule has 6 rings (SSSR count). The fourth-order valence-corrected chi connectivity index (χ4v) is 7.14. The third-order valence-corrected chi connectivity index (χ3v) is 9.63. The summed E-state index contributed by atoms with van der Waals surface area (Å²) in [5.74, 6) is -0.813. The van der Waals surface area contributed by atoms with Crippen molar-refractivity contribution >= 4 is 35.0 Å². The second-order valence-electron chi connectivity index (χ2n) is 12.1. The Morgan fingerprint density at radius 1 is 1.02 bits per heavy atom. The monoisotopic (exact) mass is 665 g/mol. The van der Waals surface area contributed by atoms with Crippen molar-refractivity contribution in [3.05, 3.63) is 57.8 Å². The first-order valence-corrected chi connectivity index (χ1v) is 15.7. The van der Waals surface area contributed by atoms with Crippen molar-refractivity contribution in [3.8, 4) is 34.3 Å². The van der Waals surface area contributed by atoms with Crippen molar-refractivity contribution in [3.63, 3.8) is 0 Å². The second kappa shape index (κ2) is 12.6. The standard InChI is InChI=1S/C34H36ClN3O9/c1-17-13-23-27(32(41)34(17)33(42)28-22(44-3)15-24(45-4)29(35)31(28)47-34)21(30(46-23)18-5-7-20(43-2)8-6-18)14-26(40)37-19-9-11-38(12-10-19)16-25(36)39/h5-8,15,17,19H,9-14,16H2,1-4H3,(H2,36,39)(H,37,40). The molecule has 0 bridgehead atoms. The maximum absolute atomic E-state index is 14.7. The molecule has 0 saturated carbocycles. The normalized spacial score (nSPS) is 20.8. The number of carbonyl (C=O) groups is 4. The number of hydrogen-bond acceptors (Lipinski definition) is 10. The molecule has 1 aromatic heterocycles. The van der Waals surface area contributed by atoms with E-state index in [1.165, 1.54) is 20.3 Å². The molecule has 1 saturated heterocycles. The molecule has 2 amide bonds. The second-order valence-corrected chi connectivity index (χ2v) is 12.5. The summed E-state index contributed by atoms with van der Waals surface area (Å²) in [6.45, 7) is 3.14. The Morgan fingerprint density at radius 2 is 1.68 bits per heavy atom. The average molecular weight is 666 g/mol. The number of ether oxygens (including phenoxy) is 4. The third-order valence-electron chi connectivity index (χ3n) is 9.27. The van der Waals surface area contributed by atoms with Gasteiger partial charge in [-0.05, 0) is 37.1 Å². The van der Waals surface area contributed by atoms with Crippen LogP contribution in [0.2, 0.25) is 5.02 Å². The van der Waals surface area contributed by atoms with Gasteiger partial charge in [-0.3, -0.25) is 24.1 Å². The molecular formula is C34H36ClN3O9. The first-order valence-electron chi connectivity index (χ1n) is 15.3. The quantitative estimate of drug-likeness (QED) is 0.323. The minimum absolute atomic E-state index is 0.0114. The number of likely N-dealkylation sites (tertiary alicyclic amines) is 1. The van der Waals surface area contributed by atoms with Gasteiger partial charge in [0, 0.05) is 48.7 Å². The Kier molecular flexibility index (Phi) is 8.66. The third kappa shape index (κ3) is 5.48. The highest BCUT2D eigenvalue weighted by Gasteiger charge is 2.63. The minimum atomic E-state index is -1.96. The summed E-state index contributed by atoms with van der Waals surface area (Å²) in [5, 5.41) is 3.12. The number of ketones is 2. The number of carbonyl (C=O) groups excluding carboxylic acids is 4. The molecule has 2 atom stereocenters. The minimum Gasteiger partial charge on any atom is -0.497 e. The molecule has 1 fully saturated rings. The predicted molar refractivity (Wildman–Crippen MR) is 171 cm³/mol. The summed E-state index contributed by atoms with van der Waals surface area (Å²) in [6, 6.07) is 8.44. The number of Topliss-reactive ketones (excluding diaryl/α,β-unsaturated/α-hetero) is 2. The van der Waals surface area contributed by atoms with Crippen molar-refractivity contribution in [2.75, 3.05) is 41.0 Å². The summed E-state index contributed by atoms with van der Waals surface area (Å²) >= 11 is 6.61. The van der Waals surface area contributed by atoms with Gasteiger partial charge < -0.3 is 34.4 Å². The number of rotatable bonds is 9. The summed E-state index contributed by atoms with van der Waals surface area (Å²) in [7, 11) is 4.39. The summed E-state index contributed by atoms with van der Waals surface area (Å²) in [6.07, 6.45) is 1.28. The highest BCUT2D eigenvalue weighted by molar-refractivity contribution is 6.36. The molecule has 2 unspecified atom stereocenters. The molecule has 0 radical (unpaired) electrons. The van der Waals surface area contributed by atoms with Crippen LogP contribution in [-0.2, 0) is 22.4 Å². The molecule has 1 aliphatic carbocycles. The SMILES string of the molecule is COc1ccc(-c2oc3c(c2CC(=O)NC2CCN(CC(N)=O)CC2)C(=O)C2(Oc4c(Cl)c(OC)cc(OC)c4C2=O)C(C)C3)cc1. The Morgan fingerprint density at radius 3 is 2.30 bits per heavy atom. The van der Waals surface area contributed by atoms with Gasteiger partial charge in [0.2, 0.25) is 29.0 Å². The number of halogens is 1. The van der Waals surface area contributed by atoms with E-state index in [0.717, 1.165) is 0 Å². The Balaban J connectivity index is 1.38. The fourth-order valence-electron chi connectivity index (χ4n) is 6.87. The number of nitrogens with zero attached hydrogens (tertiary/aromatic N) is 1. The summed E-state index contributed by atoms with van der Waals surface area (Å²) < 4.78 is 28.9. The molecule has 13 heteroatoms. The Bertz CT molecular complexity index is 1760. The van der Waals surface area contributed by atoms with Crippen molar-refractivity contribution in [1.29, 1.82) is 0 Å². The Hall–Kier alpha value is -4.55. The van der Waals surface area contributed by atoms with E-state index in [4.69, 9.17) is 40.7 Å². The average Bonchev–Trinajstić information content (AvgIpc) is 3.57. The van der Waals surface area contributed by atoms with E-state index < -0.39 is 29.0 Å². The highest BCUT2D eigenvalue weighted by atomic mass is 35.5. The molecular weight excluding hydrogens is 630 g/mol. The largest absolute Gasteiger partial charge is 0.497 e. The lowest BCUT2D eigenvalue weighted by Crippen LogP contribution is -2.56. The summed E-state index contributed by atoms with van der Waals surface area (Å²) in [5.41, 5.74) is 4.57. The zero-order valence-corrected chi connectivity index (χ0v) is 27.3. The molecule has 248 valence electrons. The molecule has 47 heavy (non-hydrogen) atoms. The van der Waals surface area contributed by atoms with Gasteiger partial charge in [0.1, 0.15) is 39.4 Å². The van der Waals surface area contributed by atoms with Crippen LogP contribution in [0.15, 0.2) is 34.7 Å². The molecule has 2 aromatic carbocycles. The first kappa shape index (κ1) is 32.4. The van der Waals surface area contributed by atoms with Gasteiger partial charge in [-0.1, -0.05) is 18.5 Å². The van der Waals surface area contributed by atoms with Gasteiger partial charge in [-0.25, -0.2) is 0 Å². The van der Waals surface area contributed by atoms with E-state index in [1.54, 1.807) is 38.3 Å². The lowest BCUT2D eigenvalue weighted by atomic mass is 9.70. The van der Waals surface area contributed by atoms with Gasteiger partial charge in [0.25, 0.3) is 0 Å². The number of benzene rings is 2. The van der Waals surface area contributed by atoms with E-state index in [1.807, 2.05) is 4.90 Å².